The summed E-state index contributed by atoms with van der Waals surface area (Å²) in [5.74, 6) is 0. The van der Waals surface area contributed by atoms with Gasteiger partial charge in [0.05, 0.1) is 16.9 Å². The van der Waals surface area contributed by atoms with E-state index in [0.717, 1.165) is 20.3 Å². The van der Waals surface area contributed by atoms with Crippen molar-refractivity contribution in [3.05, 3.63) is 57.0 Å². The Hall–Kier alpha value is -1.31. The van der Waals surface area contributed by atoms with Crippen molar-refractivity contribution in [2.45, 2.75) is 0 Å². The van der Waals surface area contributed by atoms with Gasteiger partial charge in [0, 0.05) is 8.95 Å². The van der Waals surface area contributed by atoms with Crippen LogP contribution in [0.5, 0.6) is 0 Å². The smallest absolute Gasteiger partial charge is 0.101 e. The first kappa shape index (κ1) is 12.2. The molecule has 0 fully saturated rings. The lowest BCUT2D eigenvalue weighted by atomic mass is 10.2. The number of hydrogen-bond acceptors (Lipinski definition) is 2. The van der Waals surface area contributed by atoms with E-state index in [0.29, 0.717) is 5.56 Å². The molecule has 0 spiro atoms. The predicted octanol–water partition coefficient (Wildman–Crippen LogP) is 4.83. The number of hydrogen-bond donors (Lipinski definition) is 1. The molecule has 1 N–H and O–H groups in total. The number of nitrogens with one attached hydrogen (secondary N) is 1. The maximum atomic E-state index is 9.07. The van der Waals surface area contributed by atoms with Gasteiger partial charge in [-0.25, -0.2) is 0 Å². The topological polar surface area (TPSA) is 35.8 Å². The number of benzene rings is 2. The van der Waals surface area contributed by atoms with E-state index in [1.54, 1.807) is 6.07 Å². The number of nitrogens with zero attached hydrogens (tertiary/aromatic N) is 1. The van der Waals surface area contributed by atoms with Crippen LogP contribution in [-0.4, -0.2) is 0 Å². The number of anilines is 2. The minimum Gasteiger partial charge on any atom is -0.354 e. The number of para-hydroxylation sites is 1. The first-order chi connectivity index (χ1) is 8.20. The van der Waals surface area contributed by atoms with Crippen LogP contribution in [0.4, 0.5) is 11.4 Å². The molecule has 0 heterocycles. The first-order valence-electron chi connectivity index (χ1n) is 4.92. The van der Waals surface area contributed by atoms with Crippen LogP contribution in [0.2, 0.25) is 0 Å². The molecule has 0 saturated carbocycles. The van der Waals surface area contributed by atoms with Gasteiger partial charge in [0.2, 0.25) is 0 Å². The summed E-state index contributed by atoms with van der Waals surface area (Å²) in [4.78, 5) is 0. The summed E-state index contributed by atoms with van der Waals surface area (Å²) < 4.78 is 1.86. The average Bonchev–Trinajstić information content (AvgIpc) is 2.34. The van der Waals surface area contributed by atoms with E-state index in [9.17, 15) is 0 Å². The third-order valence-corrected chi connectivity index (χ3v) is 3.43. The van der Waals surface area contributed by atoms with Crippen molar-refractivity contribution in [2.75, 3.05) is 5.32 Å². The lowest BCUT2D eigenvalue weighted by Crippen LogP contribution is -1.94. The van der Waals surface area contributed by atoms with Gasteiger partial charge in [-0.05, 0) is 46.3 Å². The van der Waals surface area contributed by atoms with E-state index in [-0.39, 0.29) is 0 Å². The van der Waals surface area contributed by atoms with E-state index in [1.807, 2.05) is 36.4 Å². The molecule has 0 bridgehead atoms. The van der Waals surface area contributed by atoms with Crippen LogP contribution in [0.1, 0.15) is 5.56 Å². The highest BCUT2D eigenvalue weighted by molar-refractivity contribution is 9.10. The first-order valence-corrected chi connectivity index (χ1v) is 6.50. The van der Waals surface area contributed by atoms with Crippen molar-refractivity contribution in [2.24, 2.45) is 0 Å². The maximum Gasteiger partial charge on any atom is 0.101 e. The third-order valence-electron chi connectivity index (χ3n) is 2.25. The van der Waals surface area contributed by atoms with Crippen LogP contribution < -0.4 is 5.32 Å². The molecule has 2 aromatic rings. The molecular weight excluding hydrogens is 344 g/mol. The van der Waals surface area contributed by atoms with Crippen molar-refractivity contribution in [1.82, 2.24) is 0 Å². The molecule has 2 nitrogen and oxygen atoms in total. The third kappa shape index (κ3) is 2.87. The zero-order valence-electron chi connectivity index (χ0n) is 8.74. The van der Waals surface area contributed by atoms with Crippen LogP contribution >= 0.6 is 31.9 Å². The van der Waals surface area contributed by atoms with Crippen molar-refractivity contribution < 1.29 is 0 Å². The highest BCUT2D eigenvalue weighted by atomic mass is 79.9. The van der Waals surface area contributed by atoms with Gasteiger partial charge in [-0.2, -0.15) is 5.26 Å². The van der Waals surface area contributed by atoms with E-state index in [4.69, 9.17) is 5.26 Å². The monoisotopic (exact) mass is 350 g/mol. The molecule has 0 unspecified atom stereocenters. The average molecular weight is 352 g/mol. The Labute approximate surface area is 117 Å². The van der Waals surface area contributed by atoms with Crippen LogP contribution in [0, 0.1) is 11.3 Å². The Balaban J connectivity index is 2.37. The molecule has 0 aromatic heterocycles. The highest BCUT2D eigenvalue weighted by Crippen LogP contribution is 2.28. The second kappa shape index (κ2) is 5.35. The molecule has 2 aromatic carbocycles. The normalized spacial score (nSPS) is 9.71. The van der Waals surface area contributed by atoms with Gasteiger partial charge in [-0.3, -0.25) is 0 Å². The molecule has 17 heavy (non-hydrogen) atoms. The maximum absolute atomic E-state index is 9.07. The summed E-state index contributed by atoms with van der Waals surface area (Å²) in [5, 5.41) is 12.3. The van der Waals surface area contributed by atoms with Crippen molar-refractivity contribution in [3.63, 3.8) is 0 Å². The molecular formula is C13H8Br2N2. The summed E-state index contributed by atoms with van der Waals surface area (Å²) in [5.41, 5.74) is 2.34. The fourth-order valence-electron chi connectivity index (χ4n) is 1.43. The van der Waals surface area contributed by atoms with E-state index in [1.165, 1.54) is 0 Å². The van der Waals surface area contributed by atoms with E-state index in [2.05, 4.69) is 43.2 Å². The van der Waals surface area contributed by atoms with Gasteiger partial charge >= 0.3 is 0 Å². The summed E-state index contributed by atoms with van der Waals surface area (Å²) in [7, 11) is 0. The quantitative estimate of drug-likeness (QED) is 0.841. The standard InChI is InChI=1S/C13H8Br2N2/c14-10-5-6-12(9(7-10)8-16)17-13-4-2-1-3-11(13)15/h1-7,17H. The van der Waals surface area contributed by atoms with Crippen LogP contribution in [0.25, 0.3) is 0 Å². The fraction of sp³-hybridized carbons (Fsp3) is 0. The van der Waals surface area contributed by atoms with Crippen molar-refractivity contribution >= 4 is 43.2 Å². The van der Waals surface area contributed by atoms with Gasteiger partial charge in [0.15, 0.2) is 0 Å². The van der Waals surface area contributed by atoms with Gasteiger partial charge in [0.1, 0.15) is 6.07 Å². The Morgan fingerprint density at radius 3 is 2.47 bits per heavy atom. The molecule has 84 valence electrons. The van der Waals surface area contributed by atoms with Crippen molar-refractivity contribution in [1.29, 1.82) is 5.26 Å². The van der Waals surface area contributed by atoms with Gasteiger partial charge in [0.25, 0.3) is 0 Å². The summed E-state index contributed by atoms with van der Waals surface area (Å²) >= 11 is 6.81. The summed E-state index contributed by atoms with van der Waals surface area (Å²) in [6.45, 7) is 0. The van der Waals surface area contributed by atoms with Gasteiger partial charge < -0.3 is 5.32 Å². The second-order valence-electron chi connectivity index (χ2n) is 3.41. The van der Waals surface area contributed by atoms with Gasteiger partial charge in [-0.1, -0.05) is 28.1 Å². The molecule has 0 atom stereocenters. The lowest BCUT2D eigenvalue weighted by Gasteiger charge is -2.10. The number of nitriles is 1. The molecule has 0 saturated heterocycles. The van der Waals surface area contributed by atoms with E-state index < -0.39 is 0 Å². The largest absolute Gasteiger partial charge is 0.354 e. The minimum absolute atomic E-state index is 0.607. The summed E-state index contributed by atoms with van der Waals surface area (Å²) in [6.07, 6.45) is 0. The Kier molecular flexibility index (Phi) is 3.82. The molecule has 0 radical (unpaired) electrons. The van der Waals surface area contributed by atoms with Crippen LogP contribution in [0.3, 0.4) is 0 Å². The van der Waals surface area contributed by atoms with E-state index >= 15 is 0 Å². The lowest BCUT2D eigenvalue weighted by molar-refractivity contribution is 1.44. The molecule has 4 heteroatoms. The Morgan fingerprint density at radius 2 is 1.76 bits per heavy atom. The number of halogens is 2. The zero-order valence-corrected chi connectivity index (χ0v) is 11.9. The molecule has 2 rings (SSSR count). The molecule has 0 aliphatic heterocycles. The van der Waals surface area contributed by atoms with Crippen molar-refractivity contribution in [3.8, 4) is 6.07 Å². The second-order valence-corrected chi connectivity index (χ2v) is 5.18. The minimum atomic E-state index is 0.607. The molecule has 0 aliphatic carbocycles. The SMILES string of the molecule is N#Cc1cc(Br)ccc1Nc1ccccc1Br. The summed E-state index contributed by atoms with van der Waals surface area (Å²) in [6, 6.07) is 15.5. The van der Waals surface area contributed by atoms with Crippen LogP contribution in [0.15, 0.2) is 51.4 Å². The molecule has 0 aliphatic rings. The van der Waals surface area contributed by atoms with Gasteiger partial charge in [-0.15, -0.1) is 0 Å². The van der Waals surface area contributed by atoms with Crippen LogP contribution in [-0.2, 0) is 0 Å². The fourth-order valence-corrected chi connectivity index (χ4v) is 2.17. The Morgan fingerprint density at radius 1 is 1.00 bits per heavy atom. The molecule has 0 amide bonds. The highest BCUT2D eigenvalue weighted by Gasteiger charge is 2.04. The Bertz CT molecular complexity index is 588. The predicted molar refractivity (Wildman–Crippen MR) is 76.3 cm³/mol. The zero-order chi connectivity index (χ0) is 12.3. The number of rotatable bonds is 2.